The van der Waals surface area contributed by atoms with Crippen LogP contribution in [0.15, 0.2) is 28.8 Å². The fourth-order valence-corrected chi connectivity index (χ4v) is 1.88. The van der Waals surface area contributed by atoms with E-state index < -0.39 is 0 Å². The summed E-state index contributed by atoms with van der Waals surface area (Å²) in [6.45, 7) is 0. The molecule has 0 aliphatic heterocycles. The summed E-state index contributed by atoms with van der Waals surface area (Å²) < 4.78 is 4.75. The molecule has 1 aliphatic rings. The molecular formula is C10H9N3O. The molecule has 3 rings (SSSR count). The normalized spacial score (nSPS) is 18.7. The monoisotopic (exact) mass is 187 g/mol. The average molecular weight is 187 g/mol. The van der Waals surface area contributed by atoms with Gasteiger partial charge in [0.25, 0.3) is 0 Å². The summed E-state index contributed by atoms with van der Waals surface area (Å²) >= 11 is 0. The van der Waals surface area contributed by atoms with E-state index in [1.165, 1.54) is 11.1 Å². The Bertz CT molecular complexity index is 478. The van der Waals surface area contributed by atoms with E-state index >= 15 is 0 Å². The Balaban J connectivity index is 1.99. The molecule has 2 aromatic rings. The number of rotatable bonds is 1. The van der Waals surface area contributed by atoms with Gasteiger partial charge in [0.2, 0.25) is 0 Å². The Kier molecular flexibility index (Phi) is 1.39. The number of anilines is 1. The Labute approximate surface area is 80.7 Å². The summed E-state index contributed by atoms with van der Waals surface area (Å²) in [5.41, 5.74) is 8.02. The largest absolute Gasteiger partial charge is 0.351 e. The van der Waals surface area contributed by atoms with Gasteiger partial charge in [-0.1, -0.05) is 29.4 Å². The molecule has 14 heavy (non-hydrogen) atoms. The molecular weight excluding hydrogens is 178 g/mol. The van der Waals surface area contributed by atoms with Crippen molar-refractivity contribution in [3.63, 3.8) is 0 Å². The molecule has 1 aliphatic carbocycles. The fourth-order valence-electron chi connectivity index (χ4n) is 1.88. The fraction of sp³-hybridized carbons (Fsp3) is 0.200. The van der Waals surface area contributed by atoms with Crippen LogP contribution in [0.25, 0.3) is 0 Å². The lowest BCUT2D eigenvalue weighted by Crippen LogP contribution is -2.19. The van der Waals surface area contributed by atoms with E-state index in [2.05, 4.69) is 22.3 Å². The van der Waals surface area contributed by atoms with Crippen molar-refractivity contribution in [1.82, 2.24) is 10.1 Å². The maximum atomic E-state index is 5.37. The van der Waals surface area contributed by atoms with E-state index in [0.29, 0.717) is 5.82 Å². The smallest absolute Gasteiger partial charge is 0.318 e. The molecule has 0 amide bonds. The Morgan fingerprint density at radius 3 is 2.93 bits per heavy atom. The molecule has 0 saturated carbocycles. The summed E-state index contributed by atoms with van der Waals surface area (Å²) in [4.78, 5) is 4.03. The summed E-state index contributed by atoms with van der Waals surface area (Å²) in [5, 5.41) is 3.83. The zero-order chi connectivity index (χ0) is 9.54. The number of hydrogen-bond donors (Lipinski definition) is 1. The summed E-state index contributed by atoms with van der Waals surface area (Å²) in [7, 11) is 0. The highest BCUT2D eigenvalue weighted by molar-refractivity contribution is 5.44. The topological polar surface area (TPSA) is 64.9 Å². The van der Waals surface area contributed by atoms with Crippen LogP contribution in [0, 0.1) is 0 Å². The van der Waals surface area contributed by atoms with Gasteiger partial charge in [0.05, 0.1) is 5.92 Å². The highest BCUT2D eigenvalue weighted by Crippen LogP contribution is 2.38. The third kappa shape index (κ3) is 0.937. The number of nitrogens with two attached hydrogens (primary N) is 1. The van der Waals surface area contributed by atoms with E-state index in [1.54, 1.807) is 0 Å². The van der Waals surface area contributed by atoms with Crippen LogP contribution in [0.4, 0.5) is 6.01 Å². The summed E-state index contributed by atoms with van der Waals surface area (Å²) in [6.07, 6.45) is 0.981. The average Bonchev–Trinajstić information content (AvgIpc) is 2.54. The van der Waals surface area contributed by atoms with E-state index in [-0.39, 0.29) is 11.9 Å². The zero-order valence-electron chi connectivity index (χ0n) is 7.47. The second-order valence-electron chi connectivity index (χ2n) is 3.45. The molecule has 1 aromatic heterocycles. The van der Waals surface area contributed by atoms with Crippen LogP contribution >= 0.6 is 0 Å². The number of hydrogen-bond acceptors (Lipinski definition) is 4. The number of aromatic nitrogens is 2. The molecule has 70 valence electrons. The van der Waals surface area contributed by atoms with E-state index in [9.17, 15) is 0 Å². The summed E-state index contributed by atoms with van der Waals surface area (Å²) in [5.74, 6) is 0.966. The second kappa shape index (κ2) is 2.57. The second-order valence-corrected chi connectivity index (χ2v) is 3.45. The van der Waals surface area contributed by atoms with Gasteiger partial charge in [0.15, 0.2) is 5.82 Å². The maximum absolute atomic E-state index is 5.37. The SMILES string of the molecule is Nc1nc(C2Cc3ccccc32)no1. The molecule has 1 atom stereocenters. The molecule has 2 N–H and O–H groups in total. The lowest BCUT2D eigenvalue weighted by molar-refractivity contribution is 0.420. The van der Waals surface area contributed by atoms with Crippen LogP contribution in [-0.4, -0.2) is 10.1 Å². The van der Waals surface area contributed by atoms with Crippen molar-refractivity contribution in [2.75, 3.05) is 5.73 Å². The van der Waals surface area contributed by atoms with Crippen molar-refractivity contribution in [3.8, 4) is 0 Å². The van der Waals surface area contributed by atoms with Crippen LogP contribution in [0.3, 0.4) is 0 Å². The van der Waals surface area contributed by atoms with Crippen molar-refractivity contribution in [3.05, 3.63) is 41.2 Å². The van der Waals surface area contributed by atoms with Crippen molar-refractivity contribution >= 4 is 6.01 Å². The Morgan fingerprint density at radius 1 is 1.36 bits per heavy atom. The van der Waals surface area contributed by atoms with Crippen LogP contribution in [0.2, 0.25) is 0 Å². The van der Waals surface area contributed by atoms with Gasteiger partial charge in [0, 0.05) is 0 Å². The molecule has 0 spiro atoms. The minimum absolute atomic E-state index is 0.143. The van der Waals surface area contributed by atoms with Gasteiger partial charge in [-0.05, 0) is 17.5 Å². The molecule has 4 heteroatoms. The van der Waals surface area contributed by atoms with Crippen molar-refractivity contribution in [1.29, 1.82) is 0 Å². The number of nitrogen functional groups attached to an aromatic ring is 1. The van der Waals surface area contributed by atoms with E-state index in [4.69, 9.17) is 10.3 Å². The minimum atomic E-state index is 0.143. The van der Waals surface area contributed by atoms with Crippen LogP contribution in [-0.2, 0) is 6.42 Å². The van der Waals surface area contributed by atoms with Gasteiger partial charge in [-0.2, -0.15) is 4.98 Å². The Morgan fingerprint density at radius 2 is 2.21 bits per heavy atom. The van der Waals surface area contributed by atoms with Crippen LogP contribution < -0.4 is 5.73 Å². The van der Waals surface area contributed by atoms with Gasteiger partial charge in [-0.15, -0.1) is 0 Å². The third-order valence-electron chi connectivity index (χ3n) is 2.62. The molecule has 4 nitrogen and oxygen atoms in total. The molecule has 1 heterocycles. The number of nitrogens with zero attached hydrogens (tertiary/aromatic N) is 2. The van der Waals surface area contributed by atoms with Gasteiger partial charge in [0.1, 0.15) is 0 Å². The summed E-state index contributed by atoms with van der Waals surface area (Å²) in [6, 6.07) is 8.42. The molecule has 0 radical (unpaired) electrons. The Hall–Kier alpha value is -1.84. The van der Waals surface area contributed by atoms with Gasteiger partial charge in [-0.25, -0.2) is 0 Å². The third-order valence-corrected chi connectivity index (χ3v) is 2.62. The lowest BCUT2D eigenvalue weighted by atomic mass is 9.77. The van der Waals surface area contributed by atoms with Gasteiger partial charge in [-0.3, -0.25) is 0 Å². The molecule has 0 saturated heterocycles. The molecule has 1 aromatic carbocycles. The zero-order valence-corrected chi connectivity index (χ0v) is 7.47. The maximum Gasteiger partial charge on any atom is 0.318 e. The van der Waals surface area contributed by atoms with Crippen molar-refractivity contribution < 1.29 is 4.52 Å². The van der Waals surface area contributed by atoms with Crippen molar-refractivity contribution in [2.24, 2.45) is 0 Å². The van der Waals surface area contributed by atoms with E-state index in [0.717, 1.165) is 6.42 Å². The van der Waals surface area contributed by atoms with Crippen molar-refractivity contribution in [2.45, 2.75) is 12.3 Å². The molecule has 1 unspecified atom stereocenters. The van der Waals surface area contributed by atoms with E-state index in [1.807, 2.05) is 12.1 Å². The molecule has 0 bridgehead atoms. The highest BCUT2D eigenvalue weighted by atomic mass is 16.5. The predicted molar refractivity (Wildman–Crippen MR) is 50.7 cm³/mol. The molecule has 0 fully saturated rings. The number of benzene rings is 1. The number of fused-ring (bicyclic) bond motifs is 1. The highest BCUT2D eigenvalue weighted by Gasteiger charge is 2.30. The first-order valence-corrected chi connectivity index (χ1v) is 4.51. The minimum Gasteiger partial charge on any atom is -0.351 e. The van der Waals surface area contributed by atoms with Gasteiger partial charge < -0.3 is 10.3 Å². The standard InChI is InChI=1S/C10H9N3O/c11-10-12-9(13-14-10)8-5-6-3-1-2-4-7(6)8/h1-4,8H,5H2,(H2,11,12,13). The first-order valence-electron chi connectivity index (χ1n) is 4.51. The quantitative estimate of drug-likeness (QED) is 0.731. The first kappa shape index (κ1) is 7.55. The van der Waals surface area contributed by atoms with Crippen LogP contribution in [0.1, 0.15) is 22.9 Å². The lowest BCUT2D eigenvalue weighted by Gasteiger charge is -2.26. The first-order chi connectivity index (χ1) is 6.84. The predicted octanol–water partition coefficient (Wildman–Crippen LogP) is 1.34. The van der Waals surface area contributed by atoms with Gasteiger partial charge >= 0.3 is 6.01 Å². The van der Waals surface area contributed by atoms with Crippen LogP contribution in [0.5, 0.6) is 0 Å².